The molecule has 0 N–H and O–H groups in total. The van der Waals surface area contributed by atoms with Gasteiger partial charge in [-0.25, -0.2) is 0 Å². The zero-order valence-electron chi connectivity index (χ0n) is 11.5. The normalized spacial score (nSPS) is 28.3. The van der Waals surface area contributed by atoms with Crippen molar-refractivity contribution >= 4 is 0 Å². The summed E-state index contributed by atoms with van der Waals surface area (Å²) in [5.41, 5.74) is -0.0100. The molecule has 0 aromatic rings. The summed E-state index contributed by atoms with van der Waals surface area (Å²) in [7, 11) is 0. The van der Waals surface area contributed by atoms with Gasteiger partial charge in [0.05, 0.1) is 18.3 Å². The molecule has 0 spiro atoms. The summed E-state index contributed by atoms with van der Waals surface area (Å²) in [5.74, 6) is 0. The third-order valence-electron chi connectivity index (χ3n) is 3.14. The first-order valence-corrected chi connectivity index (χ1v) is 6.40. The molecule has 0 aromatic heterocycles. The van der Waals surface area contributed by atoms with E-state index >= 15 is 0 Å². The highest BCUT2D eigenvalue weighted by Gasteiger charge is 2.24. The van der Waals surface area contributed by atoms with Gasteiger partial charge in [0.1, 0.15) is 0 Å². The summed E-state index contributed by atoms with van der Waals surface area (Å²) >= 11 is 0. The molecule has 0 bridgehead atoms. The van der Waals surface area contributed by atoms with E-state index in [4.69, 9.17) is 9.47 Å². The molecule has 96 valence electrons. The van der Waals surface area contributed by atoms with Crippen molar-refractivity contribution < 1.29 is 9.47 Å². The molecular formula is C13H27NO2. The fourth-order valence-electron chi connectivity index (χ4n) is 1.96. The van der Waals surface area contributed by atoms with E-state index in [-0.39, 0.29) is 5.60 Å². The summed E-state index contributed by atoms with van der Waals surface area (Å²) in [6.07, 6.45) is 1.46. The van der Waals surface area contributed by atoms with Crippen molar-refractivity contribution in [2.75, 3.05) is 26.3 Å². The molecule has 0 amide bonds. The molecule has 0 radical (unpaired) electrons. The van der Waals surface area contributed by atoms with Crippen LogP contribution in [-0.4, -0.2) is 49.0 Å². The SMILES string of the molecule is CC1OCCN(CCCOC(C)(C)C)C1C. The van der Waals surface area contributed by atoms with Gasteiger partial charge in [0.2, 0.25) is 0 Å². The van der Waals surface area contributed by atoms with Crippen molar-refractivity contribution in [2.24, 2.45) is 0 Å². The van der Waals surface area contributed by atoms with Crippen LogP contribution in [-0.2, 0) is 9.47 Å². The van der Waals surface area contributed by atoms with Gasteiger partial charge in [0.15, 0.2) is 0 Å². The number of nitrogens with zero attached hydrogens (tertiary/aromatic N) is 1. The average Bonchev–Trinajstić information content (AvgIpc) is 2.17. The van der Waals surface area contributed by atoms with Crippen LogP contribution >= 0.6 is 0 Å². The first kappa shape index (κ1) is 13.9. The van der Waals surface area contributed by atoms with E-state index in [0.29, 0.717) is 12.1 Å². The van der Waals surface area contributed by atoms with E-state index in [1.807, 2.05) is 0 Å². The van der Waals surface area contributed by atoms with Crippen LogP contribution in [0.3, 0.4) is 0 Å². The maximum Gasteiger partial charge on any atom is 0.0700 e. The first-order chi connectivity index (χ1) is 7.40. The molecule has 0 aliphatic carbocycles. The average molecular weight is 229 g/mol. The Morgan fingerprint density at radius 1 is 1.31 bits per heavy atom. The van der Waals surface area contributed by atoms with E-state index in [1.54, 1.807) is 0 Å². The van der Waals surface area contributed by atoms with Crippen LogP contribution in [0.1, 0.15) is 41.0 Å². The highest BCUT2D eigenvalue weighted by molar-refractivity contribution is 4.77. The quantitative estimate of drug-likeness (QED) is 0.690. The van der Waals surface area contributed by atoms with Gasteiger partial charge in [-0.2, -0.15) is 0 Å². The molecule has 1 rings (SSSR count). The van der Waals surface area contributed by atoms with Crippen molar-refractivity contribution in [1.82, 2.24) is 4.90 Å². The van der Waals surface area contributed by atoms with E-state index in [0.717, 1.165) is 32.7 Å². The minimum absolute atomic E-state index is 0.0100. The lowest BCUT2D eigenvalue weighted by atomic mass is 10.1. The standard InChI is InChI=1S/C13H27NO2/c1-11-12(2)15-10-8-14(11)7-6-9-16-13(3,4)5/h11-12H,6-10H2,1-5H3. The Bertz CT molecular complexity index is 201. The number of rotatable bonds is 4. The Hall–Kier alpha value is -0.120. The molecule has 1 fully saturated rings. The largest absolute Gasteiger partial charge is 0.376 e. The molecule has 0 saturated carbocycles. The van der Waals surface area contributed by atoms with E-state index < -0.39 is 0 Å². The fraction of sp³-hybridized carbons (Fsp3) is 1.00. The molecule has 0 aromatic carbocycles. The van der Waals surface area contributed by atoms with E-state index in [2.05, 4.69) is 39.5 Å². The van der Waals surface area contributed by atoms with Crippen LogP contribution < -0.4 is 0 Å². The predicted molar refractivity (Wildman–Crippen MR) is 66.8 cm³/mol. The monoisotopic (exact) mass is 229 g/mol. The lowest BCUT2D eigenvalue weighted by molar-refractivity contribution is -0.0614. The fourth-order valence-corrected chi connectivity index (χ4v) is 1.96. The van der Waals surface area contributed by atoms with Crippen molar-refractivity contribution in [3.63, 3.8) is 0 Å². The first-order valence-electron chi connectivity index (χ1n) is 6.40. The second-order valence-electron chi connectivity index (χ2n) is 5.67. The van der Waals surface area contributed by atoms with Gasteiger partial charge in [-0.3, -0.25) is 4.90 Å². The smallest absolute Gasteiger partial charge is 0.0700 e. The third kappa shape index (κ3) is 4.81. The summed E-state index contributed by atoms with van der Waals surface area (Å²) in [4.78, 5) is 2.50. The number of hydrogen-bond donors (Lipinski definition) is 0. The summed E-state index contributed by atoms with van der Waals surface area (Å²) in [5, 5.41) is 0. The van der Waals surface area contributed by atoms with Gasteiger partial charge in [0, 0.05) is 25.7 Å². The van der Waals surface area contributed by atoms with Crippen LogP contribution in [0.15, 0.2) is 0 Å². The number of ether oxygens (including phenoxy) is 2. The molecule has 1 aliphatic heterocycles. The van der Waals surface area contributed by atoms with Crippen molar-refractivity contribution in [3.05, 3.63) is 0 Å². The minimum atomic E-state index is -0.0100. The molecule has 1 saturated heterocycles. The Morgan fingerprint density at radius 2 is 2.00 bits per heavy atom. The number of hydrogen-bond acceptors (Lipinski definition) is 3. The van der Waals surface area contributed by atoms with Crippen LogP contribution in [0, 0.1) is 0 Å². The third-order valence-corrected chi connectivity index (χ3v) is 3.14. The van der Waals surface area contributed by atoms with Gasteiger partial charge < -0.3 is 9.47 Å². The number of morpholine rings is 1. The molecule has 2 unspecified atom stereocenters. The highest BCUT2D eigenvalue weighted by atomic mass is 16.5. The van der Waals surface area contributed by atoms with Crippen molar-refractivity contribution in [2.45, 2.75) is 58.8 Å². The van der Waals surface area contributed by atoms with Gasteiger partial charge in [0.25, 0.3) is 0 Å². The van der Waals surface area contributed by atoms with Crippen LogP contribution in [0.4, 0.5) is 0 Å². The van der Waals surface area contributed by atoms with E-state index in [9.17, 15) is 0 Å². The molecule has 3 heteroatoms. The predicted octanol–water partition coefficient (Wildman–Crippen LogP) is 2.30. The molecular weight excluding hydrogens is 202 g/mol. The zero-order valence-corrected chi connectivity index (χ0v) is 11.5. The van der Waals surface area contributed by atoms with Gasteiger partial charge >= 0.3 is 0 Å². The Kier molecular flexibility index (Phi) is 5.22. The second-order valence-corrected chi connectivity index (χ2v) is 5.67. The van der Waals surface area contributed by atoms with Crippen molar-refractivity contribution in [3.8, 4) is 0 Å². The minimum Gasteiger partial charge on any atom is -0.376 e. The summed E-state index contributed by atoms with van der Waals surface area (Å²) in [6.45, 7) is 14.6. The zero-order chi connectivity index (χ0) is 12.2. The van der Waals surface area contributed by atoms with Crippen LogP contribution in [0.2, 0.25) is 0 Å². The van der Waals surface area contributed by atoms with Gasteiger partial charge in [-0.05, 0) is 41.0 Å². The maximum atomic E-state index is 5.72. The van der Waals surface area contributed by atoms with E-state index in [1.165, 1.54) is 0 Å². The Balaban J connectivity index is 2.17. The second kappa shape index (κ2) is 5.99. The topological polar surface area (TPSA) is 21.7 Å². The molecule has 2 atom stereocenters. The van der Waals surface area contributed by atoms with Gasteiger partial charge in [-0.1, -0.05) is 0 Å². The Labute approximate surface area is 100 Å². The van der Waals surface area contributed by atoms with Crippen LogP contribution in [0.5, 0.6) is 0 Å². The molecule has 1 aliphatic rings. The van der Waals surface area contributed by atoms with Crippen molar-refractivity contribution in [1.29, 1.82) is 0 Å². The summed E-state index contributed by atoms with van der Waals surface area (Å²) in [6, 6.07) is 0.531. The highest BCUT2D eigenvalue weighted by Crippen LogP contribution is 2.14. The molecule has 1 heterocycles. The lowest BCUT2D eigenvalue weighted by Crippen LogP contribution is -2.48. The van der Waals surface area contributed by atoms with Crippen LogP contribution in [0.25, 0.3) is 0 Å². The maximum absolute atomic E-state index is 5.72. The molecule has 3 nitrogen and oxygen atoms in total. The van der Waals surface area contributed by atoms with Gasteiger partial charge in [-0.15, -0.1) is 0 Å². The molecule has 16 heavy (non-hydrogen) atoms. The summed E-state index contributed by atoms with van der Waals surface area (Å²) < 4.78 is 11.3. The Morgan fingerprint density at radius 3 is 2.62 bits per heavy atom. The lowest BCUT2D eigenvalue weighted by Gasteiger charge is -2.37.